The summed E-state index contributed by atoms with van der Waals surface area (Å²) in [5, 5.41) is 10.8. The van der Waals surface area contributed by atoms with Crippen molar-refractivity contribution in [2.75, 3.05) is 6.54 Å². The summed E-state index contributed by atoms with van der Waals surface area (Å²) in [6.45, 7) is 0.155. The van der Waals surface area contributed by atoms with Gasteiger partial charge in [0.1, 0.15) is 29.2 Å². The average molecular weight is 409 g/mol. The summed E-state index contributed by atoms with van der Waals surface area (Å²) < 4.78 is 31.8. The quantitative estimate of drug-likeness (QED) is 0.389. The van der Waals surface area contributed by atoms with E-state index in [1.54, 1.807) is 24.3 Å². The lowest BCUT2D eigenvalue weighted by atomic mass is 9.99. The van der Waals surface area contributed by atoms with Crippen LogP contribution in [0.25, 0.3) is 5.76 Å². The fraction of sp³-hybridized carbons (Fsp3) is 0.130. The van der Waals surface area contributed by atoms with Crippen molar-refractivity contribution in [2.45, 2.75) is 12.5 Å². The van der Waals surface area contributed by atoms with Gasteiger partial charge in [-0.3, -0.25) is 9.59 Å². The predicted octanol–water partition coefficient (Wildman–Crippen LogP) is 4.22. The molecule has 4 rings (SSSR count). The fourth-order valence-electron chi connectivity index (χ4n) is 3.52. The third-order valence-electron chi connectivity index (χ3n) is 5.02. The van der Waals surface area contributed by atoms with Gasteiger partial charge in [-0.25, -0.2) is 8.78 Å². The van der Waals surface area contributed by atoms with Crippen LogP contribution >= 0.6 is 0 Å². The first kappa shape index (κ1) is 19.6. The molecule has 1 aliphatic rings. The second-order valence-electron chi connectivity index (χ2n) is 6.89. The van der Waals surface area contributed by atoms with Crippen molar-refractivity contribution in [1.82, 2.24) is 4.90 Å². The molecular weight excluding hydrogens is 392 g/mol. The standard InChI is InChI=1S/C23H17F2NO4/c24-16-7-3-14(4-8-16)11-12-26-20(18-2-1-13-30-18)19(22(28)23(26)29)21(27)15-5-9-17(25)10-6-15/h1-10,13,20,27H,11-12H2/b21-19-. The number of furan rings is 1. The monoisotopic (exact) mass is 409 g/mol. The van der Waals surface area contributed by atoms with Crippen LogP contribution in [-0.2, 0) is 16.0 Å². The maximum atomic E-state index is 13.2. The number of carbonyl (C=O) groups is 2. The summed E-state index contributed by atoms with van der Waals surface area (Å²) >= 11 is 0. The van der Waals surface area contributed by atoms with Crippen molar-refractivity contribution in [2.24, 2.45) is 0 Å². The number of rotatable bonds is 5. The largest absolute Gasteiger partial charge is 0.507 e. The Hall–Kier alpha value is -3.74. The summed E-state index contributed by atoms with van der Waals surface area (Å²) in [7, 11) is 0. The number of likely N-dealkylation sites (tertiary alicyclic amines) is 1. The van der Waals surface area contributed by atoms with Crippen molar-refractivity contribution in [1.29, 1.82) is 0 Å². The number of amides is 1. The van der Waals surface area contributed by atoms with Crippen LogP contribution < -0.4 is 0 Å². The van der Waals surface area contributed by atoms with E-state index in [1.807, 2.05) is 0 Å². The number of hydrogen-bond acceptors (Lipinski definition) is 4. The van der Waals surface area contributed by atoms with E-state index in [-0.39, 0.29) is 23.5 Å². The summed E-state index contributed by atoms with van der Waals surface area (Å²) in [4.78, 5) is 26.9. The number of nitrogens with zero attached hydrogens (tertiary/aromatic N) is 1. The number of halogens is 2. The van der Waals surface area contributed by atoms with Crippen LogP contribution in [0.1, 0.15) is 22.9 Å². The molecule has 3 aromatic rings. The number of hydrogen-bond donors (Lipinski definition) is 1. The van der Waals surface area contributed by atoms with Gasteiger partial charge in [-0.2, -0.15) is 0 Å². The number of aliphatic hydroxyl groups is 1. The number of carbonyl (C=O) groups excluding carboxylic acids is 2. The molecule has 0 radical (unpaired) electrons. The van der Waals surface area contributed by atoms with Crippen LogP contribution in [0.3, 0.4) is 0 Å². The van der Waals surface area contributed by atoms with Gasteiger partial charge in [-0.15, -0.1) is 0 Å². The van der Waals surface area contributed by atoms with Crippen LogP contribution in [0, 0.1) is 11.6 Å². The lowest BCUT2D eigenvalue weighted by molar-refractivity contribution is -0.140. The normalized spacial score (nSPS) is 18.2. The molecule has 7 heteroatoms. The van der Waals surface area contributed by atoms with Gasteiger partial charge < -0.3 is 14.4 Å². The molecule has 1 N–H and O–H groups in total. The predicted molar refractivity (Wildman–Crippen MR) is 104 cm³/mol. The Balaban J connectivity index is 1.72. The van der Waals surface area contributed by atoms with E-state index in [4.69, 9.17) is 4.42 Å². The molecule has 2 aromatic carbocycles. The highest BCUT2D eigenvalue weighted by Gasteiger charge is 2.47. The second kappa shape index (κ2) is 7.94. The average Bonchev–Trinajstić information content (AvgIpc) is 3.35. The zero-order valence-electron chi connectivity index (χ0n) is 15.7. The summed E-state index contributed by atoms with van der Waals surface area (Å²) in [5.41, 5.74) is 0.875. The van der Waals surface area contributed by atoms with Crippen molar-refractivity contribution >= 4 is 17.4 Å². The Morgan fingerprint density at radius 3 is 2.20 bits per heavy atom. The van der Waals surface area contributed by atoms with E-state index < -0.39 is 29.3 Å². The molecule has 1 unspecified atom stereocenters. The number of aliphatic hydroxyl groups excluding tert-OH is 1. The lowest BCUT2D eigenvalue weighted by Gasteiger charge is -2.23. The zero-order valence-corrected chi connectivity index (χ0v) is 15.7. The van der Waals surface area contributed by atoms with Crippen LogP contribution in [-0.4, -0.2) is 28.2 Å². The molecule has 1 fully saturated rings. The van der Waals surface area contributed by atoms with Crippen LogP contribution in [0.4, 0.5) is 8.78 Å². The van der Waals surface area contributed by atoms with Crippen molar-refractivity contribution in [3.8, 4) is 0 Å². The van der Waals surface area contributed by atoms with Gasteiger partial charge >= 0.3 is 0 Å². The molecule has 30 heavy (non-hydrogen) atoms. The van der Waals surface area contributed by atoms with E-state index in [9.17, 15) is 23.5 Å². The second-order valence-corrected chi connectivity index (χ2v) is 6.89. The van der Waals surface area contributed by atoms with Crippen LogP contribution in [0.15, 0.2) is 76.9 Å². The fourth-order valence-corrected chi connectivity index (χ4v) is 3.52. The first-order valence-corrected chi connectivity index (χ1v) is 9.28. The molecule has 152 valence electrons. The topological polar surface area (TPSA) is 70.8 Å². The Labute approximate surface area is 170 Å². The minimum absolute atomic E-state index is 0.124. The molecule has 1 aliphatic heterocycles. The summed E-state index contributed by atoms with van der Waals surface area (Å²) in [6, 6.07) is 13.1. The molecule has 1 amide bonds. The van der Waals surface area contributed by atoms with Gasteiger partial charge in [0.2, 0.25) is 0 Å². The maximum absolute atomic E-state index is 13.2. The highest BCUT2D eigenvalue weighted by Crippen LogP contribution is 2.39. The van der Waals surface area contributed by atoms with Crippen molar-refractivity contribution in [3.63, 3.8) is 0 Å². The number of ketones is 1. The van der Waals surface area contributed by atoms with E-state index in [1.165, 1.54) is 35.4 Å². The minimum Gasteiger partial charge on any atom is -0.507 e. The van der Waals surface area contributed by atoms with Crippen molar-refractivity contribution in [3.05, 3.63) is 101 Å². The van der Waals surface area contributed by atoms with Gasteiger partial charge in [0.05, 0.1) is 11.8 Å². The molecular formula is C23H17F2NO4. The Morgan fingerprint density at radius 1 is 0.967 bits per heavy atom. The molecule has 5 nitrogen and oxygen atoms in total. The van der Waals surface area contributed by atoms with E-state index in [0.717, 1.165) is 17.7 Å². The van der Waals surface area contributed by atoms with Gasteiger partial charge in [-0.05, 0) is 60.5 Å². The first-order valence-electron chi connectivity index (χ1n) is 9.28. The van der Waals surface area contributed by atoms with Gasteiger partial charge in [0, 0.05) is 12.1 Å². The zero-order chi connectivity index (χ0) is 21.3. The van der Waals surface area contributed by atoms with E-state index in [2.05, 4.69) is 0 Å². The third kappa shape index (κ3) is 3.61. The first-order chi connectivity index (χ1) is 14.5. The molecule has 0 aliphatic carbocycles. The van der Waals surface area contributed by atoms with Gasteiger partial charge in [0.15, 0.2) is 0 Å². The minimum atomic E-state index is -0.925. The highest BCUT2D eigenvalue weighted by molar-refractivity contribution is 6.46. The molecule has 0 saturated carbocycles. The van der Waals surface area contributed by atoms with Crippen molar-refractivity contribution < 1.29 is 27.9 Å². The Morgan fingerprint density at radius 2 is 1.60 bits per heavy atom. The molecule has 2 heterocycles. The molecule has 0 bridgehead atoms. The van der Waals surface area contributed by atoms with E-state index in [0.29, 0.717) is 12.2 Å². The highest BCUT2D eigenvalue weighted by atomic mass is 19.1. The molecule has 1 atom stereocenters. The Bertz CT molecular complexity index is 1100. The Kier molecular flexibility index (Phi) is 5.18. The lowest BCUT2D eigenvalue weighted by Crippen LogP contribution is -2.31. The van der Waals surface area contributed by atoms with Crippen LogP contribution in [0.2, 0.25) is 0 Å². The summed E-state index contributed by atoms with van der Waals surface area (Å²) in [6.07, 6.45) is 1.79. The SMILES string of the molecule is O=C1C(=O)N(CCc2ccc(F)cc2)C(c2ccco2)/C1=C(/O)c1ccc(F)cc1. The third-order valence-corrected chi connectivity index (χ3v) is 5.02. The summed E-state index contributed by atoms with van der Waals surface area (Å²) in [5.74, 6) is -2.57. The smallest absolute Gasteiger partial charge is 0.295 e. The van der Waals surface area contributed by atoms with Gasteiger partial charge in [0.25, 0.3) is 11.7 Å². The molecule has 1 aromatic heterocycles. The van der Waals surface area contributed by atoms with E-state index >= 15 is 0 Å². The number of benzene rings is 2. The van der Waals surface area contributed by atoms with Crippen LogP contribution in [0.5, 0.6) is 0 Å². The maximum Gasteiger partial charge on any atom is 0.295 e. The number of Topliss-reactive ketones (excluding diaryl/α,β-unsaturated/α-hetero) is 1. The molecule has 0 spiro atoms. The molecule has 1 saturated heterocycles. The van der Waals surface area contributed by atoms with Gasteiger partial charge in [-0.1, -0.05) is 12.1 Å².